The number of anilines is 9. The zero-order valence-electron chi connectivity index (χ0n) is 79.2. The SMILES string of the molecule is CC1(C)c2ccccc2-c2c(N(c3ccc(-c4ccc(-c5ccccc5)cc4)cc3)c3cccc4c3sc3ccc5ccccc5c34)cccc21.CC1(C)c2ccccc2-c2ccc(N(c3ccc(-c4ccc(-c5ccccc5)cc4)cc3)c3cccc4c3sc3ccc5ccccc5c34)cc21.CC1(C)c2ccccc2-c2ccc(N(c3ccccc3)c3cccc4c3sc3ccc5ccccc5c34)cc21. The molecule has 3 nitrogen and oxygen atoms in total. The summed E-state index contributed by atoms with van der Waals surface area (Å²) in [5.74, 6) is 0. The van der Waals surface area contributed by atoms with E-state index in [1.165, 1.54) is 244 Å². The van der Waals surface area contributed by atoms with E-state index in [-0.39, 0.29) is 16.2 Å². The Kier molecular flexibility index (Phi) is 20.6. The van der Waals surface area contributed by atoms with Gasteiger partial charge in [0, 0.05) is 96.7 Å². The maximum atomic E-state index is 2.51. The second kappa shape index (κ2) is 34.1. The topological polar surface area (TPSA) is 9.72 Å². The molecule has 0 atom stereocenters. The van der Waals surface area contributed by atoms with Gasteiger partial charge in [-0.3, -0.25) is 0 Å². The summed E-state index contributed by atoms with van der Waals surface area (Å²) in [6.45, 7) is 14.2. The molecule has 0 aliphatic heterocycles. The summed E-state index contributed by atoms with van der Waals surface area (Å²) in [6, 6.07) is 176. The van der Waals surface area contributed by atoms with Gasteiger partial charge in [-0.15, -0.1) is 34.0 Å². The molecule has 0 spiro atoms. The number of fused-ring (bicyclic) bond motifs is 24. The third-order valence-corrected chi connectivity index (χ3v) is 33.8. The van der Waals surface area contributed by atoms with Crippen LogP contribution in [0, 0.1) is 0 Å². The van der Waals surface area contributed by atoms with Gasteiger partial charge in [0.05, 0.1) is 36.8 Å². The highest BCUT2D eigenvalue weighted by Gasteiger charge is 2.41. The number of hydrogen-bond acceptors (Lipinski definition) is 6. The fraction of sp³-hybridized carbons (Fsp3) is 0.0667. The van der Waals surface area contributed by atoms with E-state index in [1.807, 2.05) is 34.0 Å². The van der Waals surface area contributed by atoms with Crippen LogP contribution >= 0.6 is 34.0 Å². The molecule has 28 rings (SSSR count). The van der Waals surface area contributed by atoms with Crippen molar-refractivity contribution in [2.75, 3.05) is 14.7 Å². The summed E-state index contributed by atoms with van der Waals surface area (Å²) in [7, 11) is 0. The zero-order valence-corrected chi connectivity index (χ0v) is 81.6. The monoisotopic (exact) mass is 1860 g/mol. The lowest BCUT2D eigenvalue weighted by molar-refractivity contribution is 0.660. The lowest BCUT2D eigenvalue weighted by atomic mass is 9.82. The molecule has 3 aliphatic rings. The predicted molar refractivity (Wildman–Crippen MR) is 609 cm³/mol. The van der Waals surface area contributed by atoms with Crippen molar-refractivity contribution in [1.29, 1.82) is 0 Å². The lowest BCUT2D eigenvalue weighted by Crippen LogP contribution is -2.16. The van der Waals surface area contributed by atoms with Crippen LogP contribution in [0.15, 0.2) is 479 Å². The first-order valence-corrected chi connectivity index (χ1v) is 51.4. The van der Waals surface area contributed by atoms with Crippen LogP contribution in [0.3, 0.4) is 0 Å². The highest BCUT2D eigenvalue weighted by molar-refractivity contribution is 7.27. The number of para-hydroxylation sites is 1. The molecule has 0 fully saturated rings. The van der Waals surface area contributed by atoms with E-state index in [0.717, 1.165) is 11.4 Å². The molecule has 3 heterocycles. The highest BCUT2D eigenvalue weighted by Crippen LogP contribution is 2.59. The zero-order chi connectivity index (χ0) is 94.4. The molecule has 0 radical (unpaired) electrons. The van der Waals surface area contributed by atoms with Crippen molar-refractivity contribution in [3.63, 3.8) is 0 Å². The van der Waals surface area contributed by atoms with Crippen molar-refractivity contribution in [3.05, 3.63) is 513 Å². The molecular formula is C135H97N3S3. The minimum atomic E-state index is -0.0914. The van der Waals surface area contributed by atoms with Gasteiger partial charge in [0.1, 0.15) is 0 Å². The van der Waals surface area contributed by atoms with E-state index in [9.17, 15) is 0 Å². The fourth-order valence-corrected chi connectivity index (χ4v) is 26.9. The summed E-state index contributed by atoms with van der Waals surface area (Å²) >= 11 is 5.69. The number of nitrogens with zero attached hydrogens (tertiary/aromatic N) is 3. The van der Waals surface area contributed by atoms with E-state index < -0.39 is 0 Å². The van der Waals surface area contributed by atoms with Crippen molar-refractivity contribution in [1.82, 2.24) is 0 Å². The fourth-order valence-electron chi connectivity index (χ4n) is 23.2. The molecule has 6 heteroatoms. The van der Waals surface area contributed by atoms with Crippen LogP contribution in [-0.4, -0.2) is 0 Å². The molecule has 0 unspecified atom stereocenters. The van der Waals surface area contributed by atoms with Crippen LogP contribution < -0.4 is 14.7 Å². The third-order valence-electron chi connectivity index (χ3n) is 30.2. The normalized spacial score (nSPS) is 13.2. The largest absolute Gasteiger partial charge is 0.309 e. The average Bonchev–Trinajstić information content (AvgIpc) is 1.56. The first-order valence-electron chi connectivity index (χ1n) is 48.9. The van der Waals surface area contributed by atoms with Gasteiger partial charge >= 0.3 is 0 Å². The Morgan fingerprint density at radius 2 is 0.433 bits per heavy atom. The van der Waals surface area contributed by atoms with Crippen molar-refractivity contribution < 1.29 is 0 Å². The Morgan fingerprint density at radius 3 is 0.830 bits per heavy atom. The number of hydrogen-bond donors (Lipinski definition) is 0. The van der Waals surface area contributed by atoms with Gasteiger partial charge in [-0.05, 0) is 241 Å². The number of thiophene rings is 3. The van der Waals surface area contributed by atoms with E-state index in [4.69, 9.17) is 0 Å². The Morgan fingerprint density at radius 1 is 0.170 bits per heavy atom. The molecule has 670 valence electrons. The van der Waals surface area contributed by atoms with E-state index in [1.54, 1.807) is 0 Å². The smallest absolute Gasteiger partial charge is 0.0640 e. The molecule has 3 aliphatic carbocycles. The first kappa shape index (κ1) is 85.1. The minimum absolute atomic E-state index is 0.0488. The molecule has 0 saturated heterocycles. The van der Waals surface area contributed by atoms with Crippen LogP contribution in [0.2, 0.25) is 0 Å². The summed E-state index contributed by atoms with van der Waals surface area (Å²) in [6.07, 6.45) is 0. The van der Waals surface area contributed by atoms with Gasteiger partial charge in [-0.2, -0.15) is 0 Å². The molecule has 22 aromatic carbocycles. The number of benzene rings is 22. The Labute approximate surface area is 834 Å². The molecule has 0 amide bonds. The molecule has 0 saturated carbocycles. The van der Waals surface area contributed by atoms with Crippen LogP contribution in [0.1, 0.15) is 74.9 Å². The standard InChI is InChI=1S/2C49H35NS.C37H27NS/c1-49(2)41-18-9-8-16-39(41)47-42(49)19-11-20-43(47)50(37-29-26-35(27-30-37)34-24-22-33(23-25-34)32-12-4-3-5-13-32)44-21-10-17-40-46-38-15-7-6-14-36(38)28-31-45(46)51-48(40)44;1-49(2)43-17-9-8-15-40(43)41-29-28-38(31-44(41)49)50(37-26-23-35(24-27-37)34-21-19-33(20-22-34)32-11-4-3-5-12-32)45-18-10-16-42-47-39-14-7-6-13-36(39)25-30-46(47)51-48(42)45;1-37(2)31-17-9-8-15-28(31)29-21-20-26(23-32(29)37)38(25-12-4-3-5-13-25)33-18-10-16-30-35-27-14-7-6-11-24(27)19-22-34(35)39-36(30)33/h2*3-31H,1-2H3;3-23H,1-2H3. The summed E-state index contributed by atoms with van der Waals surface area (Å²) < 4.78 is 7.87. The molecule has 141 heavy (non-hydrogen) atoms. The Balaban J connectivity index is 0.000000110. The molecule has 25 aromatic rings. The second-order valence-electron chi connectivity index (χ2n) is 39.2. The molecule has 0 bridgehead atoms. The van der Waals surface area contributed by atoms with Gasteiger partial charge in [0.25, 0.3) is 0 Å². The van der Waals surface area contributed by atoms with Gasteiger partial charge in [0.2, 0.25) is 0 Å². The maximum Gasteiger partial charge on any atom is 0.0640 e. The van der Waals surface area contributed by atoms with Crippen LogP contribution in [-0.2, 0) is 16.2 Å². The Hall–Kier alpha value is -16.3. The summed E-state index contributed by atoms with van der Waals surface area (Å²) in [5.41, 5.74) is 36.5. The molecular weight excluding hydrogens is 1760 g/mol. The van der Waals surface area contributed by atoms with Gasteiger partial charge < -0.3 is 14.7 Å². The van der Waals surface area contributed by atoms with E-state index in [2.05, 4.69) is 535 Å². The average molecular weight is 1860 g/mol. The van der Waals surface area contributed by atoms with Crippen LogP contribution in [0.5, 0.6) is 0 Å². The van der Waals surface area contributed by atoms with E-state index in [0.29, 0.717) is 0 Å². The summed E-state index contributed by atoms with van der Waals surface area (Å²) in [5, 5.41) is 15.7. The highest BCUT2D eigenvalue weighted by atomic mass is 32.1. The number of rotatable bonds is 13. The van der Waals surface area contributed by atoms with Gasteiger partial charge in [-0.1, -0.05) is 418 Å². The predicted octanol–water partition coefficient (Wildman–Crippen LogP) is 39.6. The minimum Gasteiger partial charge on any atom is -0.309 e. The summed E-state index contributed by atoms with van der Waals surface area (Å²) in [4.78, 5) is 7.43. The van der Waals surface area contributed by atoms with Crippen LogP contribution in [0.25, 0.3) is 171 Å². The Bertz CT molecular complexity index is 9240. The molecule has 0 N–H and O–H groups in total. The van der Waals surface area contributed by atoms with Crippen molar-refractivity contribution >= 4 is 178 Å². The van der Waals surface area contributed by atoms with Crippen molar-refractivity contribution in [3.8, 4) is 77.9 Å². The maximum absolute atomic E-state index is 2.51. The first-order chi connectivity index (χ1) is 69.2. The lowest BCUT2D eigenvalue weighted by Gasteiger charge is -2.29. The second-order valence-corrected chi connectivity index (χ2v) is 42.4. The van der Waals surface area contributed by atoms with Crippen LogP contribution in [0.4, 0.5) is 51.2 Å². The van der Waals surface area contributed by atoms with Gasteiger partial charge in [0.15, 0.2) is 0 Å². The van der Waals surface area contributed by atoms with E-state index >= 15 is 0 Å². The quantitative estimate of drug-likeness (QED) is 0.114. The van der Waals surface area contributed by atoms with Gasteiger partial charge in [-0.25, -0.2) is 0 Å². The third kappa shape index (κ3) is 14.2. The molecule has 3 aromatic heterocycles. The van der Waals surface area contributed by atoms with Crippen molar-refractivity contribution in [2.24, 2.45) is 0 Å². The van der Waals surface area contributed by atoms with Crippen molar-refractivity contribution in [2.45, 2.75) is 57.8 Å².